The lowest BCUT2D eigenvalue weighted by Crippen LogP contribution is -2.40. The molecule has 0 amide bonds. The summed E-state index contributed by atoms with van der Waals surface area (Å²) in [5, 5.41) is 8.28. The topological polar surface area (TPSA) is 72.5 Å². The minimum Gasteiger partial charge on any atom is -0.480 e. The zero-order chi connectivity index (χ0) is 7.44. The number of carboxylic acid groups (broad SMARTS) is 1. The number of rotatable bonds is 3. The summed E-state index contributed by atoms with van der Waals surface area (Å²) in [6.45, 7) is 1.61. The molecule has 0 aliphatic carbocycles. The molecule has 0 saturated carbocycles. The summed E-state index contributed by atoms with van der Waals surface area (Å²) >= 11 is 0. The van der Waals surface area contributed by atoms with Gasteiger partial charge in [-0.25, -0.2) is 0 Å². The summed E-state index contributed by atoms with van der Waals surface area (Å²) in [6, 6.07) is -0.921. The molecule has 0 spiro atoms. The van der Waals surface area contributed by atoms with Gasteiger partial charge in [-0.1, -0.05) is 0 Å². The van der Waals surface area contributed by atoms with Crippen molar-refractivity contribution in [3.8, 4) is 0 Å². The SMILES string of the molecule is CO[C@@H](C)C(N)C(=O)O. The van der Waals surface area contributed by atoms with Crippen LogP contribution in [0.1, 0.15) is 6.92 Å². The summed E-state index contributed by atoms with van der Waals surface area (Å²) in [5.41, 5.74) is 5.15. The molecule has 1 unspecified atom stereocenters. The zero-order valence-corrected chi connectivity index (χ0v) is 5.50. The Bertz CT molecular complexity index is 104. The lowest BCUT2D eigenvalue weighted by atomic mass is 10.2. The lowest BCUT2D eigenvalue weighted by Gasteiger charge is -2.12. The van der Waals surface area contributed by atoms with Gasteiger partial charge in [-0.3, -0.25) is 4.79 Å². The number of hydrogen-bond acceptors (Lipinski definition) is 3. The van der Waals surface area contributed by atoms with E-state index in [1.807, 2.05) is 0 Å². The van der Waals surface area contributed by atoms with Gasteiger partial charge < -0.3 is 15.6 Å². The van der Waals surface area contributed by atoms with E-state index >= 15 is 0 Å². The summed E-state index contributed by atoms with van der Waals surface area (Å²) in [5.74, 6) is -1.04. The van der Waals surface area contributed by atoms with Crippen molar-refractivity contribution in [2.45, 2.75) is 19.1 Å². The minimum atomic E-state index is -1.04. The molecule has 0 aromatic carbocycles. The van der Waals surface area contributed by atoms with Gasteiger partial charge in [-0.15, -0.1) is 0 Å². The molecule has 0 aromatic heterocycles. The molecule has 4 heteroatoms. The standard InChI is InChI=1S/C5H11NO3/c1-3(9-2)4(6)5(7)8/h3-4H,6H2,1-2H3,(H,7,8)/t3-,4?/m0/s1. The first-order chi connectivity index (χ1) is 4.09. The van der Waals surface area contributed by atoms with Crippen LogP contribution in [0.2, 0.25) is 0 Å². The molecular formula is C5H11NO3. The van der Waals surface area contributed by atoms with Gasteiger partial charge in [0.05, 0.1) is 6.10 Å². The maximum absolute atomic E-state index is 10.1. The molecule has 2 atom stereocenters. The van der Waals surface area contributed by atoms with Gasteiger partial charge in [0.2, 0.25) is 0 Å². The number of carbonyl (C=O) groups is 1. The molecule has 0 radical (unpaired) electrons. The van der Waals surface area contributed by atoms with Crippen molar-refractivity contribution < 1.29 is 14.6 Å². The summed E-state index contributed by atoms with van der Waals surface area (Å²) in [6.07, 6.45) is -0.428. The highest BCUT2D eigenvalue weighted by molar-refractivity contribution is 5.73. The van der Waals surface area contributed by atoms with Gasteiger partial charge in [-0.2, -0.15) is 0 Å². The van der Waals surface area contributed by atoms with Crippen LogP contribution in [0.5, 0.6) is 0 Å². The molecular weight excluding hydrogens is 122 g/mol. The van der Waals surface area contributed by atoms with E-state index in [9.17, 15) is 4.79 Å². The van der Waals surface area contributed by atoms with Gasteiger partial charge in [0, 0.05) is 7.11 Å². The predicted molar refractivity (Wildman–Crippen MR) is 32.1 cm³/mol. The van der Waals surface area contributed by atoms with Crippen molar-refractivity contribution in [2.24, 2.45) is 5.73 Å². The molecule has 0 aliphatic heterocycles. The number of hydrogen-bond donors (Lipinski definition) is 2. The van der Waals surface area contributed by atoms with Crippen LogP contribution in [0.25, 0.3) is 0 Å². The van der Waals surface area contributed by atoms with Crippen molar-refractivity contribution in [3.63, 3.8) is 0 Å². The molecule has 3 N–H and O–H groups in total. The smallest absolute Gasteiger partial charge is 0.323 e. The van der Waals surface area contributed by atoms with Crippen molar-refractivity contribution >= 4 is 5.97 Å². The zero-order valence-electron chi connectivity index (χ0n) is 5.50. The van der Waals surface area contributed by atoms with Gasteiger partial charge in [0.15, 0.2) is 0 Å². The van der Waals surface area contributed by atoms with E-state index in [1.165, 1.54) is 7.11 Å². The Labute approximate surface area is 53.6 Å². The molecule has 9 heavy (non-hydrogen) atoms. The fraction of sp³-hybridized carbons (Fsp3) is 0.800. The maximum atomic E-state index is 10.1. The van der Waals surface area contributed by atoms with E-state index in [-0.39, 0.29) is 0 Å². The second-order valence-corrected chi connectivity index (χ2v) is 1.80. The van der Waals surface area contributed by atoms with Gasteiger partial charge in [0.25, 0.3) is 0 Å². The number of nitrogens with two attached hydrogens (primary N) is 1. The third-order valence-corrected chi connectivity index (χ3v) is 1.16. The molecule has 0 aromatic rings. The van der Waals surface area contributed by atoms with Crippen molar-refractivity contribution in [1.82, 2.24) is 0 Å². The van der Waals surface area contributed by atoms with E-state index < -0.39 is 18.1 Å². The highest BCUT2D eigenvalue weighted by Crippen LogP contribution is 1.92. The van der Waals surface area contributed by atoms with E-state index in [2.05, 4.69) is 4.74 Å². The number of carboxylic acids is 1. The van der Waals surface area contributed by atoms with E-state index in [1.54, 1.807) is 6.92 Å². The van der Waals surface area contributed by atoms with Crippen molar-refractivity contribution in [2.75, 3.05) is 7.11 Å². The van der Waals surface area contributed by atoms with Gasteiger partial charge in [-0.05, 0) is 6.92 Å². The van der Waals surface area contributed by atoms with Gasteiger partial charge in [0.1, 0.15) is 6.04 Å². The van der Waals surface area contributed by atoms with Crippen LogP contribution in [0.4, 0.5) is 0 Å². The Balaban J connectivity index is 3.72. The Morgan fingerprint density at radius 3 is 2.33 bits per heavy atom. The Morgan fingerprint density at radius 2 is 2.22 bits per heavy atom. The van der Waals surface area contributed by atoms with Crippen LogP contribution in [-0.2, 0) is 9.53 Å². The molecule has 0 rings (SSSR count). The second-order valence-electron chi connectivity index (χ2n) is 1.80. The highest BCUT2D eigenvalue weighted by Gasteiger charge is 2.18. The third-order valence-electron chi connectivity index (χ3n) is 1.16. The Morgan fingerprint density at radius 1 is 1.78 bits per heavy atom. The first-order valence-corrected chi connectivity index (χ1v) is 2.60. The molecule has 0 aliphatic rings. The Hall–Kier alpha value is -0.610. The summed E-state index contributed by atoms with van der Waals surface area (Å²) in [7, 11) is 1.42. The van der Waals surface area contributed by atoms with Crippen LogP contribution in [0, 0.1) is 0 Å². The number of aliphatic carboxylic acids is 1. The predicted octanol–water partition coefficient (Wildman–Crippen LogP) is -0.567. The largest absolute Gasteiger partial charge is 0.480 e. The molecule has 0 heterocycles. The quantitative estimate of drug-likeness (QED) is 0.541. The van der Waals surface area contributed by atoms with E-state index in [0.717, 1.165) is 0 Å². The van der Waals surface area contributed by atoms with Gasteiger partial charge >= 0.3 is 5.97 Å². The van der Waals surface area contributed by atoms with Crippen molar-refractivity contribution in [1.29, 1.82) is 0 Å². The van der Waals surface area contributed by atoms with Crippen LogP contribution in [-0.4, -0.2) is 30.3 Å². The summed E-state index contributed by atoms with van der Waals surface area (Å²) in [4.78, 5) is 10.1. The lowest BCUT2D eigenvalue weighted by molar-refractivity contribution is -0.141. The average molecular weight is 133 g/mol. The fourth-order valence-electron chi connectivity index (χ4n) is 0.347. The van der Waals surface area contributed by atoms with Crippen LogP contribution in [0.3, 0.4) is 0 Å². The first-order valence-electron chi connectivity index (χ1n) is 2.60. The summed E-state index contributed by atoms with van der Waals surface area (Å²) < 4.78 is 4.67. The average Bonchev–Trinajstić information content (AvgIpc) is 1.84. The van der Waals surface area contributed by atoms with Crippen LogP contribution >= 0.6 is 0 Å². The van der Waals surface area contributed by atoms with Crippen LogP contribution < -0.4 is 5.73 Å². The molecule has 4 nitrogen and oxygen atoms in total. The third kappa shape index (κ3) is 2.43. The number of methoxy groups -OCH3 is 1. The van der Waals surface area contributed by atoms with E-state index in [4.69, 9.17) is 10.8 Å². The van der Waals surface area contributed by atoms with Crippen LogP contribution in [0.15, 0.2) is 0 Å². The highest BCUT2D eigenvalue weighted by atomic mass is 16.5. The van der Waals surface area contributed by atoms with Crippen molar-refractivity contribution in [3.05, 3.63) is 0 Å². The van der Waals surface area contributed by atoms with E-state index in [0.29, 0.717) is 0 Å². The minimum absolute atomic E-state index is 0.428. The molecule has 0 bridgehead atoms. The second kappa shape index (κ2) is 3.42. The maximum Gasteiger partial charge on any atom is 0.323 e. The monoisotopic (exact) mass is 133 g/mol. The first kappa shape index (κ1) is 8.39. The Kier molecular flexibility index (Phi) is 3.19. The number of ether oxygens (including phenoxy) is 1. The molecule has 0 fully saturated rings. The normalized spacial score (nSPS) is 16.8. The molecule has 0 saturated heterocycles. The molecule has 54 valence electrons. The fourth-order valence-corrected chi connectivity index (χ4v) is 0.347.